The van der Waals surface area contributed by atoms with Crippen LogP contribution in [0.5, 0.6) is 0 Å². The monoisotopic (exact) mass is 262 g/mol. The number of rotatable bonds is 8. The molecule has 2 unspecified atom stereocenters. The molecule has 2 atom stereocenters. The first-order chi connectivity index (χ1) is 7.88. The van der Waals surface area contributed by atoms with Crippen molar-refractivity contribution in [1.82, 2.24) is 4.72 Å². The van der Waals surface area contributed by atoms with Crippen LogP contribution >= 0.6 is 0 Å². The number of hydrogen-bond donors (Lipinski definition) is 2. The summed E-state index contributed by atoms with van der Waals surface area (Å²) in [5, 5.41) is 16.4. The molecule has 0 saturated carbocycles. The normalized spacial score (nSPS) is 14.9. The average molecular weight is 262 g/mol. The number of nitrogens with zero attached hydrogens (tertiary/aromatic N) is 1. The minimum absolute atomic E-state index is 0.131. The van der Waals surface area contributed by atoms with Gasteiger partial charge in [0.25, 0.3) is 0 Å². The molecule has 0 amide bonds. The van der Waals surface area contributed by atoms with E-state index in [-0.39, 0.29) is 12.8 Å². The molecule has 17 heavy (non-hydrogen) atoms. The molecule has 0 aliphatic rings. The number of carboxylic acids is 1. The number of aliphatic carboxylic acids is 1. The first-order valence-corrected chi connectivity index (χ1v) is 7.07. The van der Waals surface area contributed by atoms with Crippen molar-refractivity contribution in [3.63, 3.8) is 0 Å². The van der Waals surface area contributed by atoms with Gasteiger partial charge in [0.15, 0.2) is 5.25 Å². The Morgan fingerprint density at radius 2 is 2.06 bits per heavy atom. The summed E-state index contributed by atoms with van der Waals surface area (Å²) >= 11 is 0. The minimum Gasteiger partial charge on any atom is -0.480 e. The number of hydrogen-bond acceptors (Lipinski definition) is 4. The maximum absolute atomic E-state index is 11.7. The summed E-state index contributed by atoms with van der Waals surface area (Å²) in [5.41, 5.74) is 0. The molecule has 0 saturated heterocycles. The molecule has 0 aliphatic carbocycles. The number of carboxylic acid groups (broad SMARTS) is 1. The number of nitriles is 1. The van der Waals surface area contributed by atoms with Crippen LogP contribution in [-0.2, 0) is 14.8 Å². The minimum atomic E-state index is -3.89. The molecular formula is C10H18N2O4S. The molecule has 0 fully saturated rings. The first-order valence-electron chi connectivity index (χ1n) is 5.52. The molecule has 0 bridgehead atoms. The molecule has 0 aromatic heterocycles. The summed E-state index contributed by atoms with van der Waals surface area (Å²) in [6.07, 6.45) is 1.75. The first kappa shape index (κ1) is 15.9. The van der Waals surface area contributed by atoms with Gasteiger partial charge in [-0.15, -0.1) is 0 Å². The highest BCUT2D eigenvalue weighted by Crippen LogP contribution is 2.08. The molecule has 7 heteroatoms. The molecule has 98 valence electrons. The van der Waals surface area contributed by atoms with Crippen molar-refractivity contribution in [2.45, 2.75) is 50.8 Å². The van der Waals surface area contributed by atoms with Crippen LogP contribution in [0.25, 0.3) is 0 Å². The Hall–Kier alpha value is -1.13. The fourth-order valence-electron chi connectivity index (χ4n) is 1.30. The highest BCUT2D eigenvalue weighted by atomic mass is 32.2. The fourth-order valence-corrected chi connectivity index (χ4v) is 2.66. The SMILES string of the molecule is CCCCC(NS(=O)(=O)C(C#N)CC)C(=O)O. The Bertz CT molecular complexity index is 386. The lowest BCUT2D eigenvalue weighted by Gasteiger charge is -2.16. The van der Waals surface area contributed by atoms with Crippen molar-refractivity contribution in [3.05, 3.63) is 0 Å². The van der Waals surface area contributed by atoms with Crippen molar-refractivity contribution in [2.24, 2.45) is 0 Å². The zero-order chi connectivity index (χ0) is 13.5. The smallest absolute Gasteiger partial charge is 0.321 e. The summed E-state index contributed by atoms with van der Waals surface area (Å²) in [7, 11) is -3.89. The van der Waals surface area contributed by atoms with Gasteiger partial charge in [-0.25, -0.2) is 8.42 Å². The summed E-state index contributed by atoms with van der Waals surface area (Å²) in [5.74, 6) is -1.21. The Morgan fingerprint density at radius 1 is 1.47 bits per heavy atom. The second kappa shape index (κ2) is 7.25. The maximum Gasteiger partial charge on any atom is 0.321 e. The summed E-state index contributed by atoms with van der Waals surface area (Å²) in [6.45, 7) is 3.45. The van der Waals surface area contributed by atoms with E-state index in [1.807, 2.05) is 6.92 Å². The van der Waals surface area contributed by atoms with Crippen molar-refractivity contribution in [1.29, 1.82) is 5.26 Å². The van der Waals surface area contributed by atoms with E-state index in [0.29, 0.717) is 6.42 Å². The summed E-state index contributed by atoms with van der Waals surface area (Å²) in [4.78, 5) is 10.9. The van der Waals surface area contributed by atoms with Crippen LogP contribution in [-0.4, -0.2) is 30.8 Å². The van der Waals surface area contributed by atoms with E-state index in [4.69, 9.17) is 10.4 Å². The third kappa shape index (κ3) is 5.15. The van der Waals surface area contributed by atoms with Crippen LogP contribution in [0.3, 0.4) is 0 Å². The van der Waals surface area contributed by atoms with E-state index in [1.54, 1.807) is 13.0 Å². The zero-order valence-electron chi connectivity index (χ0n) is 10.0. The van der Waals surface area contributed by atoms with Gasteiger partial charge in [0, 0.05) is 0 Å². The molecule has 2 N–H and O–H groups in total. The third-order valence-electron chi connectivity index (χ3n) is 2.34. The Labute approximate surface area is 102 Å². The topological polar surface area (TPSA) is 107 Å². The van der Waals surface area contributed by atoms with Crippen LogP contribution in [0.15, 0.2) is 0 Å². The van der Waals surface area contributed by atoms with E-state index in [0.717, 1.165) is 6.42 Å². The molecular weight excluding hydrogens is 244 g/mol. The largest absolute Gasteiger partial charge is 0.480 e. The lowest BCUT2D eigenvalue weighted by molar-refractivity contribution is -0.139. The van der Waals surface area contributed by atoms with E-state index >= 15 is 0 Å². The van der Waals surface area contributed by atoms with Gasteiger partial charge in [-0.05, 0) is 12.8 Å². The van der Waals surface area contributed by atoms with Gasteiger partial charge in [-0.3, -0.25) is 4.79 Å². The Kier molecular flexibility index (Phi) is 6.76. The fraction of sp³-hybridized carbons (Fsp3) is 0.800. The molecule has 0 aliphatic heterocycles. The lowest BCUT2D eigenvalue weighted by atomic mass is 10.1. The predicted molar refractivity (Wildman–Crippen MR) is 62.7 cm³/mol. The average Bonchev–Trinajstić information content (AvgIpc) is 2.25. The van der Waals surface area contributed by atoms with Gasteiger partial charge in [0.2, 0.25) is 10.0 Å². The van der Waals surface area contributed by atoms with Crippen LogP contribution in [0.1, 0.15) is 39.5 Å². The van der Waals surface area contributed by atoms with Gasteiger partial charge < -0.3 is 5.11 Å². The van der Waals surface area contributed by atoms with Crippen molar-refractivity contribution in [3.8, 4) is 6.07 Å². The van der Waals surface area contributed by atoms with Crippen LogP contribution < -0.4 is 4.72 Å². The number of sulfonamides is 1. The molecule has 0 spiro atoms. The highest BCUT2D eigenvalue weighted by molar-refractivity contribution is 7.90. The predicted octanol–water partition coefficient (Wildman–Crippen LogP) is 0.851. The quantitative estimate of drug-likeness (QED) is 0.674. The highest BCUT2D eigenvalue weighted by Gasteiger charge is 2.29. The summed E-state index contributed by atoms with van der Waals surface area (Å²) in [6, 6.07) is 0.498. The molecule has 0 rings (SSSR count). The number of unbranched alkanes of at least 4 members (excludes halogenated alkanes) is 1. The molecule has 0 heterocycles. The second-order valence-corrected chi connectivity index (χ2v) is 5.62. The second-order valence-electron chi connectivity index (χ2n) is 3.72. The molecule has 0 aromatic carbocycles. The Morgan fingerprint density at radius 3 is 2.41 bits per heavy atom. The van der Waals surface area contributed by atoms with Gasteiger partial charge in [0.05, 0.1) is 6.07 Å². The van der Waals surface area contributed by atoms with Crippen LogP contribution in [0.4, 0.5) is 0 Å². The zero-order valence-corrected chi connectivity index (χ0v) is 10.8. The van der Waals surface area contributed by atoms with Gasteiger partial charge in [-0.1, -0.05) is 26.7 Å². The third-order valence-corrected chi connectivity index (χ3v) is 4.14. The van der Waals surface area contributed by atoms with E-state index in [9.17, 15) is 13.2 Å². The van der Waals surface area contributed by atoms with E-state index in [1.165, 1.54) is 0 Å². The van der Waals surface area contributed by atoms with Gasteiger partial charge in [0.1, 0.15) is 6.04 Å². The molecule has 6 nitrogen and oxygen atoms in total. The number of carbonyl (C=O) groups is 1. The van der Waals surface area contributed by atoms with Crippen LogP contribution in [0, 0.1) is 11.3 Å². The molecule has 0 radical (unpaired) electrons. The van der Waals surface area contributed by atoms with E-state index in [2.05, 4.69) is 4.72 Å². The standard InChI is InChI=1S/C10H18N2O4S/c1-3-5-6-9(10(13)14)12-17(15,16)8(4-2)7-11/h8-9,12H,3-6H2,1-2H3,(H,13,14). The van der Waals surface area contributed by atoms with Crippen molar-refractivity contribution < 1.29 is 18.3 Å². The van der Waals surface area contributed by atoms with Gasteiger partial charge in [-0.2, -0.15) is 9.98 Å². The van der Waals surface area contributed by atoms with Crippen molar-refractivity contribution in [2.75, 3.05) is 0 Å². The van der Waals surface area contributed by atoms with E-state index < -0.39 is 27.3 Å². The Balaban J connectivity index is 4.76. The lowest BCUT2D eigenvalue weighted by Crippen LogP contribution is -2.44. The van der Waals surface area contributed by atoms with Gasteiger partial charge >= 0.3 is 5.97 Å². The summed E-state index contributed by atoms with van der Waals surface area (Å²) < 4.78 is 25.4. The van der Waals surface area contributed by atoms with Crippen molar-refractivity contribution >= 4 is 16.0 Å². The molecule has 0 aromatic rings. The maximum atomic E-state index is 11.7. The van der Waals surface area contributed by atoms with Crippen LogP contribution in [0.2, 0.25) is 0 Å². The number of nitrogens with one attached hydrogen (secondary N) is 1.